The largest absolute Gasteiger partial charge is 0.310 e. The van der Waals surface area contributed by atoms with Gasteiger partial charge in [-0.15, -0.1) is 0 Å². The Morgan fingerprint density at radius 3 is 2.73 bits per heavy atom. The number of hydrogen-bond acceptors (Lipinski definition) is 4. The number of pyridine rings is 1. The van der Waals surface area contributed by atoms with E-state index in [2.05, 4.69) is 15.2 Å². The lowest BCUT2D eigenvalue weighted by Crippen LogP contribution is -2.19. The van der Waals surface area contributed by atoms with Crippen LogP contribution in [0.4, 0.5) is 0 Å². The number of H-pyrrole nitrogens is 2. The van der Waals surface area contributed by atoms with Crippen LogP contribution in [-0.4, -0.2) is 23.6 Å². The average Bonchev–Trinajstić information content (AvgIpc) is 2.45. The summed E-state index contributed by atoms with van der Waals surface area (Å²) in [6, 6.07) is 1.27. The lowest BCUT2D eigenvalue weighted by atomic mass is 10.3. The molecule has 2 aromatic rings. The first-order chi connectivity index (χ1) is 6.89. The Bertz CT molecular complexity index is 682. The minimum atomic E-state index is -3.97. The quantitative estimate of drug-likeness (QED) is 0.591. The highest BCUT2D eigenvalue weighted by Crippen LogP contribution is 2.17. The molecule has 0 atom stereocenters. The highest BCUT2D eigenvalue weighted by atomic mass is 32.2. The second-order valence-corrected chi connectivity index (χ2v) is 4.60. The molecule has 0 radical (unpaired) electrons. The molecule has 2 aromatic heterocycles. The van der Waals surface area contributed by atoms with Gasteiger partial charge in [-0.3, -0.25) is 9.89 Å². The van der Waals surface area contributed by atoms with E-state index in [9.17, 15) is 13.2 Å². The zero-order chi connectivity index (χ0) is 11.2. The van der Waals surface area contributed by atoms with Gasteiger partial charge in [0.15, 0.2) is 5.03 Å². The summed E-state index contributed by atoms with van der Waals surface area (Å²) in [6.45, 7) is 1.66. The van der Waals surface area contributed by atoms with E-state index >= 15 is 0 Å². The Morgan fingerprint density at radius 1 is 1.47 bits per heavy atom. The van der Waals surface area contributed by atoms with Gasteiger partial charge in [-0.2, -0.15) is 5.10 Å². The zero-order valence-electron chi connectivity index (χ0n) is 7.73. The third-order valence-electron chi connectivity index (χ3n) is 2.02. The lowest BCUT2D eigenvalue weighted by Gasteiger charge is -1.98. The molecule has 0 aliphatic carbocycles. The summed E-state index contributed by atoms with van der Waals surface area (Å²) in [5, 5.41) is 11.4. The van der Waals surface area contributed by atoms with Crippen molar-refractivity contribution in [3.63, 3.8) is 0 Å². The molecule has 0 unspecified atom stereocenters. The van der Waals surface area contributed by atoms with Crippen molar-refractivity contribution in [2.75, 3.05) is 0 Å². The second-order valence-electron chi connectivity index (χ2n) is 3.11. The molecule has 80 valence electrons. The fourth-order valence-corrected chi connectivity index (χ4v) is 2.03. The molecular weight excluding hydrogens is 220 g/mol. The van der Waals surface area contributed by atoms with E-state index in [1.165, 1.54) is 6.07 Å². The van der Waals surface area contributed by atoms with Gasteiger partial charge in [0.05, 0.1) is 5.69 Å². The SMILES string of the molecule is Cc1n[nH]c2c(S(N)(=O)=O)[nH]c(=O)cc12. The molecule has 0 fully saturated rings. The summed E-state index contributed by atoms with van der Waals surface area (Å²) < 4.78 is 22.3. The van der Waals surface area contributed by atoms with Crippen LogP contribution in [0.2, 0.25) is 0 Å². The topological polar surface area (TPSA) is 122 Å². The van der Waals surface area contributed by atoms with Crippen molar-refractivity contribution in [3.05, 3.63) is 22.1 Å². The number of nitrogens with zero attached hydrogens (tertiary/aromatic N) is 1. The molecule has 4 N–H and O–H groups in total. The van der Waals surface area contributed by atoms with Crippen molar-refractivity contribution < 1.29 is 8.42 Å². The molecule has 0 saturated carbocycles. The number of aromatic amines is 2. The predicted molar refractivity (Wildman–Crippen MR) is 52.8 cm³/mol. The van der Waals surface area contributed by atoms with Gasteiger partial charge in [0.25, 0.3) is 10.0 Å². The first kappa shape index (κ1) is 9.87. The number of rotatable bonds is 1. The van der Waals surface area contributed by atoms with E-state index < -0.39 is 15.6 Å². The fourth-order valence-electron chi connectivity index (χ4n) is 1.35. The Morgan fingerprint density at radius 2 is 2.13 bits per heavy atom. The van der Waals surface area contributed by atoms with E-state index in [0.29, 0.717) is 11.1 Å². The predicted octanol–water partition coefficient (Wildman–Crippen LogP) is -0.793. The minimum absolute atomic E-state index is 0.217. The van der Waals surface area contributed by atoms with Crippen LogP contribution in [0.3, 0.4) is 0 Å². The molecule has 0 aliphatic rings. The van der Waals surface area contributed by atoms with Gasteiger partial charge in [0, 0.05) is 11.5 Å². The van der Waals surface area contributed by atoms with Gasteiger partial charge >= 0.3 is 0 Å². The van der Waals surface area contributed by atoms with Crippen LogP contribution >= 0.6 is 0 Å². The van der Waals surface area contributed by atoms with Crippen molar-refractivity contribution in [1.82, 2.24) is 15.2 Å². The normalized spacial score (nSPS) is 12.1. The molecule has 0 amide bonds. The standard InChI is InChI=1S/C7H8N4O3S/c1-3-4-2-5(12)9-7(15(8,13)14)6(4)11-10-3/h2H,1H3,(H,9,12)(H,10,11)(H2,8,13,14). The first-order valence-corrected chi connectivity index (χ1v) is 5.55. The molecule has 0 aliphatic heterocycles. The van der Waals surface area contributed by atoms with E-state index in [1.54, 1.807) is 6.92 Å². The number of aryl methyl sites for hydroxylation is 1. The minimum Gasteiger partial charge on any atom is -0.310 e. The Kier molecular flexibility index (Phi) is 1.91. The van der Waals surface area contributed by atoms with E-state index in [4.69, 9.17) is 5.14 Å². The van der Waals surface area contributed by atoms with Gasteiger partial charge in [-0.25, -0.2) is 13.6 Å². The van der Waals surface area contributed by atoms with Gasteiger partial charge in [0.2, 0.25) is 5.56 Å². The van der Waals surface area contributed by atoms with Crippen molar-refractivity contribution in [2.45, 2.75) is 11.9 Å². The molecule has 2 heterocycles. The number of nitrogens with two attached hydrogens (primary N) is 1. The third-order valence-corrected chi connectivity index (χ3v) is 2.89. The van der Waals surface area contributed by atoms with Crippen LogP contribution in [0.15, 0.2) is 15.9 Å². The molecule has 8 heteroatoms. The maximum Gasteiger partial charge on any atom is 0.255 e. The first-order valence-electron chi connectivity index (χ1n) is 4.00. The van der Waals surface area contributed by atoms with Crippen LogP contribution < -0.4 is 10.7 Å². The van der Waals surface area contributed by atoms with Gasteiger partial charge in [-0.05, 0) is 6.92 Å². The summed E-state index contributed by atoms with van der Waals surface area (Å²) in [5.74, 6) is 0. The number of sulfonamides is 1. The van der Waals surface area contributed by atoms with Crippen molar-refractivity contribution in [3.8, 4) is 0 Å². The van der Waals surface area contributed by atoms with Crippen LogP contribution in [-0.2, 0) is 10.0 Å². The molecule has 2 rings (SSSR count). The van der Waals surface area contributed by atoms with E-state index in [-0.39, 0.29) is 10.5 Å². The highest BCUT2D eigenvalue weighted by molar-refractivity contribution is 7.89. The third kappa shape index (κ3) is 1.53. The smallest absolute Gasteiger partial charge is 0.255 e. The molecule has 15 heavy (non-hydrogen) atoms. The molecule has 0 aromatic carbocycles. The number of aromatic nitrogens is 3. The summed E-state index contributed by atoms with van der Waals surface area (Å²) in [5.41, 5.74) is 0.228. The summed E-state index contributed by atoms with van der Waals surface area (Å²) >= 11 is 0. The molecule has 0 saturated heterocycles. The number of primary sulfonamides is 1. The van der Waals surface area contributed by atoms with Crippen LogP contribution in [0.5, 0.6) is 0 Å². The molecular formula is C7H8N4O3S. The van der Waals surface area contributed by atoms with Gasteiger partial charge < -0.3 is 4.98 Å². The monoisotopic (exact) mass is 228 g/mol. The number of hydrogen-bond donors (Lipinski definition) is 3. The lowest BCUT2D eigenvalue weighted by molar-refractivity contribution is 0.594. The zero-order valence-corrected chi connectivity index (χ0v) is 8.55. The highest BCUT2D eigenvalue weighted by Gasteiger charge is 2.16. The van der Waals surface area contributed by atoms with Crippen LogP contribution in [0.1, 0.15) is 5.69 Å². The van der Waals surface area contributed by atoms with Crippen LogP contribution in [0, 0.1) is 6.92 Å². The van der Waals surface area contributed by atoms with E-state index in [1.807, 2.05) is 0 Å². The van der Waals surface area contributed by atoms with Gasteiger partial charge in [0.1, 0.15) is 5.52 Å². The molecule has 7 nitrogen and oxygen atoms in total. The maximum atomic E-state index is 11.2. The fraction of sp³-hybridized carbons (Fsp3) is 0.143. The summed E-state index contributed by atoms with van der Waals surface area (Å²) in [6.07, 6.45) is 0. The van der Waals surface area contributed by atoms with E-state index in [0.717, 1.165) is 0 Å². The van der Waals surface area contributed by atoms with Crippen molar-refractivity contribution >= 4 is 20.9 Å². The summed E-state index contributed by atoms with van der Waals surface area (Å²) in [7, 11) is -3.97. The molecule has 0 bridgehead atoms. The Hall–Kier alpha value is -1.67. The molecule has 0 spiro atoms. The number of fused-ring (bicyclic) bond motifs is 1. The van der Waals surface area contributed by atoms with Gasteiger partial charge in [-0.1, -0.05) is 0 Å². The summed E-state index contributed by atoms with van der Waals surface area (Å²) in [4.78, 5) is 13.3. The average molecular weight is 228 g/mol. The van der Waals surface area contributed by atoms with Crippen molar-refractivity contribution in [1.29, 1.82) is 0 Å². The Labute approximate surface area is 84.4 Å². The Balaban J connectivity index is 3.04. The van der Waals surface area contributed by atoms with Crippen LogP contribution in [0.25, 0.3) is 10.9 Å². The van der Waals surface area contributed by atoms with Crippen molar-refractivity contribution in [2.24, 2.45) is 5.14 Å². The number of nitrogens with one attached hydrogen (secondary N) is 2. The second kappa shape index (κ2) is 2.91. The maximum absolute atomic E-state index is 11.2.